The van der Waals surface area contributed by atoms with Gasteiger partial charge in [0.1, 0.15) is 0 Å². The Morgan fingerprint density at radius 1 is 1.11 bits per heavy atom. The molecule has 1 heterocycles. The van der Waals surface area contributed by atoms with Gasteiger partial charge in [0.05, 0.1) is 0 Å². The molecule has 1 aromatic carbocycles. The van der Waals surface area contributed by atoms with E-state index in [4.69, 9.17) is 0 Å². The number of hydrogen-bond acceptors (Lipinski definition) is 2. The Morgan fingerprint density at radius 2 is 2.05 bits per heavy atom. The normalized spacial score (nSPS) is 26.3. The molecule has 0 spiro atoms. The van der Waals surface area contributed by atoms with E-state index >= 15 is 0 Å². The molecule has 2 unspecified atom stereocenters. The molecule has 2 aliphatic carbocycles. The molecule has 1 N–H and O–H groups in total. The third-order valence-corrected chi connectivity index (χ3v) is 4.78. The minimum absolute atomic E-state index is 0.748. The molecule has 0 amide bonds. The molecule has 98 valence electrons. The highest BCUT2D eigenvalue weighted by Gasteiger charge is 2.34. The van der Waals surface area contributed by atoms with Crippen LogP contribution in [-0.4, -0.2) is 17.6 Å². The minimum Gasteiger partial charge on any atom is -0.314 e. The fourth-order valence-electron chi connectivity index (χ4n) is 3.30. The van der Waals surface area contributed by atoms with Gasteiger partial charge in [0.2, 0.25) is 0 Å². The van der Waals surface area contributed by atoms with E-state index in [1.54, 1.807) is 0 Å². The van der Waals surface area contributed by atoms with Gasteiger partial charge in [-0.2, -0.15) is 0 Å². The molecule has 2 heteroatoms. The fourth-order valence-corrected chi connectivity index (χ4v) is 3.30. The molecule has 1 aromatic heterocycles. The highest BCUT2D eigenvalue weighted by Crippen LogP contribution is 2.44. The van der Waals surface area contributed by atoms with Gasteiger partial charge in [-0.05, 0) is 61.1 Å². The SMILES string of the molecule is c1cc(C2CCC2CNC2CC2)c2ccncc2c1. The second kappa shape index (κ2) is 4.61. The number of fused-ring (bicyclic) bond motifs is 1. The molecule has 0 bridgehead atoms. The molecule has 2 aromatic rings. The zero-order valence-corrected chi connectivity index (χ0v) is 11.2. The Labute approximate surface area is 114 Å². The Bertz CT molecular complexity index is 583. The van der Waals surface area contributed by atoms with E-state index in [9.17, 15) is 0 Å². The van der Waals surface area contributed by atoms with Crippen molar-refractivity contribution in [2.24, 2.45) is 5.92 Å². The number of rotatable bonds is 4. The molecule has 19 heavy (non-hydrogen) atoms. The Hall–Kier alpha value is -1.41. The zero-order valence-electron chi connectivity index (χ0n) is 11.2. The molecule has 0 saturated heterocycles. The maximum atomic E-state index is 4.23. The van der Waals surface area contributed by atoms with Gasteiger partial charge in [0, 0.05) is 23.8 Å². The first-order valence-electron chi connectivity index (χ1n) is 7.48. The van der Waals surface area contributed by atoms with Crippen LogP contribution in [0.4, 0.5) is 0 Å². The fraction of sp³-hybridized carbons (Fsp3) is 0.471. The van der Waals surface area contributed by atoms with Crippen LogP contribution >= 0.6 is 0 Å². The summed E-state index contributed by atoms with van der Waals surface area (Å²) in [7, 11) is 0. The number of benzene rings is 1. The first-order chi connectivity index (χ1) is 9.42. The molecule has 2 aliphatic rings. The van der Waals surface area contributed by atoms with Crippen LogP contribution in [0.2, 0.25) is 0 Å². The van der Waals surface area contributed by atoms with Crippen LogP contribution in [0.1, 0.15) is 37.2 Å². The van der Waals surface area contributed by atoms with Crippen molar-refractivity contribution in [1.29, 1.82) is 0 Å². The second-order valence-electron chi connectivity index (χ2n) is 6.07. The quantitative estimate of drug-likeness (QED) is 0.901. The maximum Gasteiger partial charge on any atom is 0.0346 e. The molecule has 2 nitrogen and oxygen atoms in total. The van der Waals surface area contributed by atoms with Crippen LogP contribution in [0.3, 0.4) is 0 Å². The first-order valence-corrected chi connectivity index (χ1v) is 7.48. The molecular weight excluding hydrogens is 232 g/mol. The molecule has 2 fully saturated rings. The van der Waals surface area contributed by atoms with Gasteiger partial charge in [-0.3, -0.25) is 4.98 Å². The Kier molecular flexibility index (Phi) is 2.77. The summed E-state index contributed by atoms with van der Waals surface area (Å²) >= 11 is 0. The van der Waals surface area contributed by atoms with Gasteiger partial charge in [0.15, 0.2) is 0 Å². The molecule has 4 rings (SSSR count). The summed E-state index contributed by atoms with van der Waals surface area (Å²) < 4.78 is 0. The monoisotopic (exact) mass is 252 g/mol. The summed E-state index contributed by atoms with van der Waals surface area (Å²) in [6.45, 7) is 1.21. The van der Waals surface area contributed by atoms with E-state index in [-0.39, 0.29) is 0 Å². The predicted molar refractivity (Wildman–Crippen MR) is 78.2 cm³/mol. The van der Waals surface area contributed by atoms with Crippen LogP contribution < -0.4 is 5.32 Å². The second-order valence-corrected chi connectivity index (χ2v) is 6.07. The van der Waals surface area contributed by atoms with Crippen molar-refractivity contribution in [3.8, 4) is 0 Å². The standard InChI is InChI=1S/C17H20N2/c1-2-12-10-18-9-8-16(12)17(3-1)15-7-4-13(15)11-19-14-5-6-14/h1-3,8-10,13-15,19H,4-7,11H2. The van der Waals surface area contributed by atoms with Crippen molar-refractivity contribution in [1.82, 2.24) is 10.3 Å². The van der Waals surface area contributed by atoms with Gasteiger partial charge in [-0.15, -0.1) is 0 Å². The number of hydrogen-bond donors (Lipinski definition) is 1. The maximum absolute atomic E-state index is 4.23. The highest BCUT2D eigenvalue weighted by atomic mass is 14.9. The van der Waals surface area contributed by atoms with E-state index in [2.05, 4.69) is 34.6 Å². The van der Waals surface area contributed by atoms with Crippen molar-refractivity contribution < 1.29 is 0 Å². The molecule has 2 saturated carbocycles. The van der Waals surface area contributed by atoms with Gasteiger partial charge in [0.25, 0.3) is 0 Å². The summed E-state index contributed by atoms with van der Waals surface area (Å²) in [5.41, 5.74) is 1.54. The van der Waals surface area contributed by atoms with Gasteiger partial charge < -0.3 is 5.32 Å². The van der Waals surface area contributed by atoms with Crippen LogP contribution in [-0.2, 0) is 0 Å². The Balaban J connectivity index is 1.59. The van der Waals surface area contributed by atoms with E-state index in [0.29, 0.717) is 0 Å². The molecule has 0 radical (unpaired) electrons. The third kappa shape index (κ3) is 2.14. The van der Waals surface area contributed by atoms with Crippen molar-refractivity contribution in [3.63, 3.8) is 0 Å². The number of pyridine rings is 1. The molecule has 0 aliphatic heterocycles. The summed E-state index contributed by atoms with van der Waals surface area (Å²) in [4.78, 5) is 4.23. The topological polar surface area (TPSA) is 24.9 Å². The van der Waals surface area contributed by atoms with Crippen molar-refractivity contribution in [2.75, 3.05) is 6.54 Å². The van der Waals surface area contributed by atoms with E-state index in [1.807, 2.05) is 12.4 Å². The number of aromatic nitrogens is 1. The average molecular weight is 252 g/mol. The van der Waals surface area contributed by atoms with Gasteiger partial charge in [-0.25, -0.2) is 0 Å². The van der Waals surface area contributed by atoms with Crippen molar-refractivity contribution >= 4 is 10.8 Å². The van der Waals surface area contributed by atoms with Crippen LogP contribution in [0.5, 0.6) is 0 Å². The zero-order chi connectivity index (χ0) is 12.7. The summed E-state index contributed by atoms with van der Waals surface area (Å²) in [6, 6.07) is 9.67. The highest BCUT2D eigenvalue weighted by molar-refractivity contribution is 5.85. The van der Waals surface area contributed by atoms with E-state index in [0.717, 1.165) is 17.9 Å². The summed E-state index contributed by atoms with van der Waals surface area (Å²) in [6.07, 6.45) is 9.40. The smallest absolute Gasteiger partial charge is 0.0346 e. The predicted octanol–water partition coefficient (Wildman–Crippen LogP) is 3.48. The number of nitrogens with zero attached hydrogens (tertiary/aromatic N) is 1. The summed E-state index contributed by atoms with van der Waals surface area (Å²) in [5.74, 6) is 1.58. The van der Waals surface area contributed by atoms with Crippen LogP contribution in [0.25, 0.3) is 10.8 Å². The van der Waals surface area contributed by atoms with Gasteiger partial charge in [-0.1, -0.05) is 18.2 Å². The van der Waals surface area contributed by atoms with Crippen LogP contribution in [0, 0.1) is 5.92 Å². The van der Waals surface area contributed by atoms with Gasteiger partial charge >= 0.3 is 0 Å². The lowest BCUT2D eigenvalue weighted by atomic mass is 9.69. The van der Waals surface area contributed by atoms with Crippen molar-refractivity contribution in [3.05, 3.63) is 42.2 Å². The summed E-state index contributed by atoms with van der Waals surface area (Å²) in [5, 5.41) is 6.37. The third-order valence-electron chi connectivity index (χ3n) is 4.78. The lowest BCUT2D eigenvalue weighted by molar-refractivity contribution is 0.246. The van der Waals surface area contributed by atoms with E-state index in [1.165, 1.54) is 48.6 Å². The first kappa shape index (κ1) is 11.4. The average Bonchev–Trinajstić information content (AvgIpc) is 3.22. The lowest BCUT2D eigenvalue weighted by Crippen LogP contribution is -2.34. The van der Waals surface area contributed by atoms with Crippen molar-refractivity contribution in [2.45, 2.75) is 37.6 Å². The van der Waals surface area contributed by atoms with Crippen LogP contribution in [0.15, 0.2) is 36.7 Å². The lowest BCUT2D eigenvalue weighted by Gasteiger charge is -2.38. The molecule has 2 atom stereocenters. The molecular formula is C17H20N2. The van der Waals surface area contributed by atoms with E-state index < -0.39 is 0 Å². The number of nitrogens with one attached hydrogen (secondary N) is 1. The Morgan fingerprint density at radius 3 is 2.84 bits per heavy atom. The largest absolute Gasteiger partial charge is 0.314 e. The minimum atomic E-state index is 0.748.